The van der Waals surface area contributed by atoms with Crippen LogP contribution in [0.5, 0.6) is 0 Å². The number of halogens is 3. The summed E-state index contributed by atoms with van der Waals surface area (Å²) in [7, 11) is 0. The molecule has 0 radical (unpaired) electrons. The average molecular weight is 439 g/mol. The lowest BCUT2D eigenvalue weighted by Gasteiger charge is -2.28. The highest BCUT2D eigenvalue weighted by Gasteiger charge is 2.48. The second-order valence-electron chi connectivity index (χ2n) is 8.38. The molecule has 2 heterocycles. The number of amides is 1. The Labute approximate surface area is 181 Å². The van der Waals surface area contributed by atoms with Crippen molar-refractivity contribution in [1.82, 2.24) is 14.9 Å². The molecule has 32 heavy (non-hydrogen) atoms. The minimum Gasteiger partial charge on any atom is -0.337 e. The van der Waals surface area contributed by atoms with Gasteiger partial charge >= 0.3 is 0 Å². The number of fused-ring (bicyclic) bond motifs is 1. The van der Waals surface area contributed by atoms with E-state index in [0.29, 0.717) is 30.0 Å². The van der Waals surface area contributed by atoms with Gasteiger partial charge in [0.2, 0.25) is 5.91 Å². The molecule has 0 spiro atoms. The van der Waals surface area contributed by atoms with Gasteiger partial charge in [-0.15, -0.1) is 0 Å². The SMILES string of the molecule is O=C(Cc1cccc(F)c1F)N1CCc2nc(C3(c4ccc(F)cc4)CC3)[nH]c(=O)c2C1. The Kier molecular flexibility index (Phi) is 4.87. The molecule has 1 saturated carbocycles. The van der Waals surface area contributed by atoms with Gasteiger partial charge in [0, 0.05) is 18.5 Å². The maximum atomic E-state index is 13.9. The third-order valence-corrected chi connectivity index (χ3v) is 6.39. The van der Waals surface area contributed by atoms with Crippen LogP contribution in [0.1, 0.15) is 41.1 Å². The fourth-order valence-corrected chi connectivity index (χ4v) is 4.38. The molecule has 164 valence electrons. The summed E-state index contributed by atoms with van der Waals surface area (Å²) in [6.07, 6.45) is 1.73. The number of nitrogens with zero attached hydrogens (tertiary/aromatic N) is 2. The average Bonchev–Trinajstić information content (AvgIpc) is 3.59. The molecular formula is C24H20F3N3O2. The van der Waals surface area contributed by atoms with Crippen molar-refractivity contribution in [3.05, 3.63) is 98.5 Å². The van der Waals surface area contributed by atoms with E-state index >= 15 is 0 Å². The number of benzene rings is 2. The molecule has 3 aromatic rings. The summed E-state index contributed by atoms with van der Waals surface area (Å²) in [5, 5.41) is 0. The van der Waals surface area contributed by atoms with Crippen molar-refractivity contribution in [1.29, 1.82) is 0 Å². The van der Waals surface area contributed by atoms with Crippen LogP contribution in [0.25, 0.3) is 0 Å². The maximum Gasteiger partial charge on any atom is 0.256 e. The van der Waals surface area contributed by atoms with E-state index in [9.17, 15) is 22.8 Å². The van der Waals surface area contributed by atoms with Crippen molar-refractivity contribution in [2.24, 2.45) is 0 Å². The Morgan fingerprint density at radius 1 is 1.09 bits per heavy atom. The smallest absolute Gasteiger partial charge is 0.256 e. The van der Waals surface area contributed by atoms with Gasteiger partial charge in [0.15, 0.2) is 11.6 Å². The normalized spacial score (nSPS) is 16.5. The van der Waals surface area contributed by atoms with Crippen molar-refractivity contribution in [3.63, 3.8) is 0 Å². The molecule has 2 aliphatic rings. The van der Waals surface area contributed by atoms with Crippen LogP contribution >= 0.6 is 0 Å². The van der Waals surface area contributed by atoms with Gasteiger partial charge in [-0.05, 0) is 36.6 Å². The van der Waals surface area contributed by atoms with Crippen LogP contribution in [0.4, 0.5) is 13.2 Å². The number of aromatic nitrogens is 2. The first-order valence-electron chi connectivity index (χ1n) is 10.5. The largest absolute Gasteiger partial charge is 0.337 e. The number of aromatic amines is 1. The molecule has 1 aliphatic carbocycles. The predicted octanol–water partition coefficient (Wildman–Crippen LogP) is 3.39. The van der Waals surface area contributed by atoms with Crippen LogP contribution in [0.15, 0.2) is 47.3 Å². The van der Waals surface area contributed by atoms with Crippen LogP contribution in [0.3, 0.4) is 0 Å². The van der Waals surface area contributed by atoms with Gasteiger partial charge in [-0.1, -0.05) is 24.3 Å². The number of H-pyrrole nitrogens is 1. The van der Waals surface area contributed by atoms with Gasteiger partial charge in [-0.3, -0.25) is 9.59 Å². The third-order valence-electron chi connectivity index (χ3n) is 6.39. The first-order valence-corrected chi connectivity index (χ1v) is 10.5. The summed E-state index contributed by atoms with van der Waals surface area (Å²) in [5.74, 6) is -2.16. The minimum absolute atomic E-state index is 0.0156. The lowest BCUT2D eigenvalue weighted by atomic mass is 9.94. The molecule has 1 aliphatic heterocycles. The first-order chi connectivity index (χ1) is 15.4. The zero-order valence-electron chi connectivity index (χ0n) is 17.1. The van der Waals surface area contributed by atoms with E-state index in [2.05, 4.69) is 4.98 Å². The van der Waals surface area contributed by atoms with Crippen LogP contribution in [0.2, 0.25) is 0 Å². The van der Waals surface area contributed by atoms with E-state index in [1.165, 1.54) is 29.2 Å². The molecule has 1 aromatic heterocycles. The van der Waals surface area contributed by atoms with Gasteiger partial charge in [0.05, 0.1) is 29.6 Å². The van der Waals surface area contributed by atoms with E-state index in [-0.39, 0.29) is 35.8 Å². The number of hydrogen-bond donors (Lipinski definition) is 1. The zero-order valence-corrected chi connectivity index (χ0v) is 17.1. The molecule has 0 unspecified atom stereocenters. The highest BCUT2D eigenvalue weighted by molar-refractivity contribution is 5.79. The summed E-state index contributed by atoms with van der Waals surface area (Å²) in [5.41, 5.74) is 1.21. The van der Waals surface area contributed by atoms with Gasteiger partial charge in [-0.2, -0.15) is 0 Å². The Morgan fingerprint density at radius 2 is 1.84 bits per heavy atom. The molecule has 1 amide bonds. The molecule has 5 rings (SSSR count). The zero-order chi connectivity index (χ0) is 22.5. The van der Waals surface area contributed by atoms with E-state index in [4.69, 9.17) is 4.98 Å². The maximum absolute atomic E-state index is 13.9. The molecule has 0 atom stereocenters. The van der Waals surface area contributed by atoms with Crippen molar-refractivity contribution < 1.29 is 18.0 Å². The molecule has 1 fully saturated rings. The summed E-state index contributed by atoms with van der Waals surface area (Å²) >= 11 is 0. The molecular weight excluding hydrogens is 419 g/mol. The summed E-state index contributed by atoms with van der Waals surface area (Å²) < 4.78 is 40.7. The number of hydrogen-bond acceptors (Lipinski definition) is 3. The fraction of sp³-hybridized carbons (Fsp3) is 0.292. The van der Waals surface area contributed by atoms with E-state index in [0.717, 1.165) is 24.5 Å². The first kappa shape index (κ1) is 20.5. The van der Waals surface area contributed by atoms with Crippen LogP contribution in [0, 0.1) is 17.5 Å². The number of carbonyl (C=O) groups excluding carboxylic acids is 1. The topological polar surface area (TPSA) is 66.1 Å². The molecule has 0 bridgehead atoms. The molecule has 5 nitrogen and oxygen atoms in total. The fourth-order valence-electron chi connectivity index (χ4n) is 4.38. The van der Waals surface area contributed by atoms with Gasteiger partial charge in [0.1, 0.15) is 11.6 Å². The molecule has 0 saturated heterocycles. The molecule has 2 aromatic carbocycles. The van der Waals surface area contributed by atoms with Crippen LogP contribution < -0.4 is 5.56 Å². The van der Waals surface area contributed by atoms with E-state index in [1.807, 2.05) is 0 Å². The summed E-state index contributed by atoms with van der Waals surface area (Å²) in [6.45, 7) is 0.402. The van der Waals surface area contributed by atoms with Gasteiger partial charge < -0.3 is 9.88 Å². The lowest BCUT2D eigenvalue weighted by Crippen LogP contribution is -2.41. The molecule has 1 N–H and O–H groups in total. The standard InChI is InChI=1S/C24H20F3N3O2/c25-16-6-4-15(5-7-16)24(9-10-24)23-28-19-8-11-30(13-17(19)22(32)29-23)20(31)12-14-2-1-3-18(26)21(14)27/h1-7H,8-13H2,(H,28,29,32). The third kappa shape index (κ3) is 3.49. The Hall–Kier alpha value is -3.42. The van der Waals surface area contributed by atoms with Gasteiger partial charge in [0.25, 0.3) is 5.56 Å². The number of rotatable bonds is 4. The number of carbonyl (C=O) groups is 1. The predicted molar refractivity (Wildman–Crippen MR) is 110 cm³/mol. The van der Waals surface area contributed by atoms with Crippen molar-refractivity contribution in [3.8, 4) is 0 Å². The quantitative estimate of drug-likeness (QED) is 0.678. The van der Waals surface area contributed by atoms with Crippen LogP contribution in [-0.2, 0) is 29.6 Å². The van der Waals surface area contributed by atoms with Crippen LogP contribution in [-0.4, -0.2) is 27.3 Å². The monoisotopic (exact) mass is 439 g/mol. The molecule has 8 heteroatoms. The summed E-state index contributed by atoms with van der Waals surface area (Å²) in [4.78, 5) is 34.6. The van der Waals surface area contributed by atoms with Gasteiger partial charge in [-0.25, -0.2) is 18.2 Å². The second-order valence-corrected chi connectivity index (χ2v) is 8.38. The highest BCUT2D eigenvalue weighted by Crippen LogP contribution is 2.52. The van der Waals surface area contributed by atoms with E-state index < -0.39 is 17.0 Å². The van der Waals surface area contributed by atoms with E-state index in [1.54, 1.807) is 12.1 Å². The lowest BCUT2D eigenvalue weighted by molar-refractivity contribution is -0.131. The highest BCUT2D eigenvalue weighted by atomic mass is 19.2. The minimum atomic E-state index is -1.03. The Balaban J connectivity index is 1.38. The summed E-state index contributed by atoms with van der Waals surface area (Å²) in [6, 6.07) is 9.97. The Bertz CT molecular complexity index is 1270. The van der Waals surface area contributed by atoms with Crippen molar-refractivity contribution in [2.45, 2.75) is 37.6 Å². The second kappa shape index (κ2) is 7.62. The Morgan fingerprint density at radius 3 is 2.56 bits per heavy atom. The van der Waals surface area contributed by atoms with Crippen molar-refractivity contribution in [2.75, 3.05) is 6.54 Å². The van der Waals surface area contributed by atoms with Crippen molar-refractivity contribution >= 4 is 5.91 Å². The number of nitrogens with one attached hydrogen (secondary N) is 1.